The normalized spacial score (nSPS) is 19.0. The monoisotopic (exact) mass is 300 g/mol. The Morgan fingerprint density at radius 1 is 1.50 bits per heavy atom. The van der Waals surface area contributed by atoms with Crippen molar-refractivity contribution in [2.75, 3.05) is 18.4 Å². The summed E-state index contributed by atoms with van der Waals surface area (Å²) >= 11 is 5.81. The molecule has 0 saturated carbocycles. The highest BCUT2D eigenvalue weighted by molar-refractivity contribution is 6.33. The maximum atomic E-state index is 12.9. The van der Waals surface area contributed by atoms with Crippen LogP contribution in [0.4, 0.5) is 10.1 Å². The summed E-state index contributed by atoms with van der Waals surface area (Å²) in [4.78, 5) is 24.5. The van der Waals surface area contributed by atoms with Crippen molar-refractivity contribution in [1.29, 1.82) is 0 Å². The number of rotatable bonds is 4. The van der Waals surface area contributed by atoms with Gasteiger partial charge < -0.3 is 10.4 Å². The fraction of sp³-hybridized carbons (Fsp3) is 0.385. The van der Waals surface area contributed by atoms with Crippen molar-refractivity contribution in [3.8, 4) is 0 Å². The number of carbonyl (C=O) groups is 2. The number of nitrogens with one attached hydrogen (secondary N) is 1. The van der Waals surface area contributed by atoms with E-state index in [1.807, 2.05) is 0 Å². The second-order valence-corrected chi connectivity index (χ2v) is 5.05. The van der Waals surface area contributed by atoms with Crippen LogP contribution in [0.25, 0.3) is 0 Å². The second kappa shape index (κ2) is 6.19. The number of carbonyl (C=O) groups excluding carboxylic acids is 1. The summed E-state index contributed by atoms with van der Waals surface area (Å²) in [6.45, 7) is 0.548. The molecule has 1 saturated heterocycles. The Balaban J connectivity index is 1.97. The summed E-state index contributed by atoms with van der Waals surface area (Å²) in [7, 11) is 0. The highest BCUT2D eigenvalue weighted by Crippen LogP contribution is 2.23. The van der Waals surface area contributed by atoms with E-state index < -0.39 is 17.8 Å². The first kappa shape index (κ1) is 14.7. The molecular formula is C13H14ClFN2O3. The molecule has 1 heterocycles. The molecule has 0 spiro atoms. The molecule has 1 aliphatic heterocycles. The second-order valence-electron chi connectivity index (χ2n) is 4.64. The zero-order valence-electron chi connectivity index (χ0n) is 10.6. The summed E-state index contributed by atoms with van der Waals surface area (Å²) < 4.78 is 12.9. The van der Waals surface area contributed by atoms with Gasteiger partial charge in [-0.2, -0.15) is 0 Å². The maximum absolute atomic E-state index is 12.9. The quantitative estimate of drug-likeness (QED) is 0.892. The zero-order valence-corrected chi connectivity index (χ0v) is 11.4. The van der Waals surface area contributed by atoms with Crippen molar-refractivity contribution >= 4 is 29.2 Å². The number of anilines is 1. The summed E-state index contributed by atoms with van der Waals surface area (Å²) in [5.74, 6) is -1.78. The standard InChI is InChI=1S/C13H14ClFN2O3/c14-9-6-8(15)3-4-10(9)16-12(18)7-17-5-1-2-11(17)13(19)20/h3-4,6,11H,1-2,5,7H2,(H,16,18)(H,19,20)/t11-/m1/s1. The van der Waals surface area contributed by atoms with Gasteiger partial charge in [-0.15, -0.1) is 0 Å². The molecule has 1 aromatic carbocycles. The van der Waals surface area contributed by atoms with Crippen LogP contribution in [0.15, 0.2) is 18.2 Å². The highest BCUT2D eigenvalue weighted by atomic mass is 35.5. The van der Waals surface area contributed by atoms with Crippen molar-refractivity contribution in [1.82, 2.24) is 4.90 Å². The van der Waals surface area contributed by atoms with Crippen molar-refractivity contribution < 1.29 is 19.1 Å². The predicted molar refractivity (Wildman–Crippen MR) is 72.3 cm³/mol. The first-order valence-electron chi connectivity index (χ1n) is 6.19. The average Bonchev–Trinajstić information content (AvgIpc) is 2.81. The van der Waals surface area contributed by atoms with Gasteiger partial charge in [0.25, 0.3) is 0 Å². The van der Waals surface area contributed by atoms with Gasteiger partial charge in [-0.3, -0.25) is 14.5 Å². The number of carboxylic acids is 1. The largest absolute Gasteiger partial charge is 0.480 e. The van der Waals surface area contributed by atoms with Gasteiger partial charge >= 0.3 is 5.97 Å². The summed E-state index contributed by atoms with van der Waals surface area (Å²) in [5, 5.41) is 11.7. The van der Waals surface area contributed by atoms with E-state index in [1.165, 1.54) is 12.1 Å². The van der Waals surface area contributed by atoms with Gasteiger partial charge in [-0.05, 0) is 37.6 Å². The Labute approximate surface area is 120 Å². The lowest BCUT2D eigenvalue weighted by molar-refractivity contribution is -0.142. The molecule has 2 N–H and O–H groups in total. The molecular weight excluding hydrogens is 287 g/mol. The smallest absolute Gasteiger partial charge is 0.320 e. The molecule has 5 nitrogen and oxygen atoms in total. The van der Waals surface area contributed by atoms with Gasteiger partial charge in [-0.1, -0.05) is 11.6 Å². The number of aliphatic carboxylic acids is 1. The van der Waals surface area contributed by atoms with E-state index in [-0.39, 0.29) is 17.5 Å². The van der Waals surface area contributed by atoms with E-state index >= 15 is 0 Å². The van der Waals surface area contributed by atoms with Crippen LogP contribution >= 0.6 is 11.6 Å². The number of likely N-dealkylation sites (tertiary alicyclic amines) is 1. The molecule has 1 aliphatic rings. The van der Waals surface area contributed by atoms with Crippen molar-refractivity contribution in [3.63, 3.8) is 0 Å². The van der Waals surface area contributed by atoms with Crippen LogP contribution in [-0.4, -0.2) is 41.0 Å². The fourth-order valence-electron chi connectivity index (χ4n) is 2.26. The Bertz CT molecular complexity index is 538. The number of hydrogen-bond donors (Lipinski definition) is 2. The Kier molecular flexibility index (Phi) is 4.57. The number of halogens is 2. The lowest BCUT2D eigenvalue weighted by Gasteiger charge is -2.20. The third-order valence-corrected chi connectivity index (χ3v) is 3.51. The van der Waals surface area contributed by atoms with E-state index in [0.717, 1.165) is 12.5 Å². The summed E-state index contributed by atoms with van der Waals surface area (Å²) in [6.07, 6.45) is 1.29. The first-order chi connectivity index (χ1) is 9.47. The summed E-state index contributed by atoms with van der Waals surface area (Å²) in [5.41, 5.74) is 0.309. The van der Waals surface area contributed by atoms with Crippen molar-refractivity contribution in [2.24, 2.45) is 0 Å². The van der Waals surface area contributed by atoms with Crippen molar-refractivity contribution in [2.45, 2.75) is 18.9 Å². The topological polar surface area (TPSA) is 69.6 Å². The molecule has 0 aliphatic carbocycles. The van der Waals surface area contributed by atoms with Crippen LogP contribution in [0.2, 0.25) is 5.02 Å². The van der Waals surface area contributed by atoms with Gasteiger partial charge in [0.15, 0.2) is 0 Å². The fourth-order valence-corrected chi connectivity index (χ4v) is 2.47. The minimum atomic E-state index is -0.921. The first-order valence-corrected chi connectivity index (χ1v) is 6.57. The Morgan fingerprint density at radius 3 is 2.90 bits per heavy atom. The number of amides is 1. The van der Waals surface area contributed by atoms with Crippen LogP contribution in [0.5, 0.6) is 0 Å². The van der Waals surface area contributed by atoms with Gasteiger partial charge in [0.05, 0.1) is 17.3 Å². The molecule has 0 unspecified atom stereocenters. The Hall–Kier alpha value is -1.66. The average molecular weight is 301 g/mol. The molecule has 1 fully saturated rings. The number of carboxylic acid groups (broad SMARTS) is 1. The van der Waals surface area contributed by atoms with E-state index in [2.05, 4.69) is 5.32 Å². The zero-order chi connectivity index (χ0) is 14.7. The van der Waals surface area contributed by atoms with Crippen LogP contribution in [0.3, 0.4) is 0 Å². The third kappa shape index (κ3) is 3.46. The van der Waals surface area contributed by atoms with E-state index in [0.29, 0.717) is 18.7 Å². The number of hydrogen-bond acceptors (Lipinski definition) is 3. The van der Waals surface area contributed by atoms with Crippen molar-refractivity contribution in [3.05, 3.63) is 29.0 Å². The SMILES string of the molecule is O=C(CN1CCC[C@@H]1C(=O)O)Nc1ccc(F)cc1Cl. The molecule has 108 valence electrons. The maximum Gasteiger partial charge on any atom is 0.320 e. The minimum Gasteiger partial charge on any atom is -0.480 e. The minimum absolute atomic E-state index is 0.0231. The third-order valence-electron chi connectivity index (χ3n) is 3.20. The molecule has 2 rings (SSSR count). The lowest BCUT2D eigenvalue weighted by Crippen LogP contribution is -2.40. The number of benzene rings is 1. The van der Waals surface area contributed by atoms with Crippen LogP contribution in [-0.2, 0) is 9.59 Å². The molecule has 1 aromatic rings. The summed E-state index contributed by atoms with van der Waals surface area (Å²) in [6, 6.07) is 3.04. The molecule has 1 amide bonds. The molecule has 1 atom stereocenters. The molecule has 0 aromatic heterocycles. The highest BCUT2D eigenvalue weighted by Gasteiger charge is 2.31. The van der Waals surface area contributed by atoms with Gasteiger partial charge in [0.2, 0.25) is 5.91 Å². The van der Waals surface area contributed by atoms with Crippen LogP contribution in [0, 0.1) is 5.82 Å². The van der Waals surface area contributed by atoms with Gasteiger partial charge in [0, 0.05) is 0 Å². The lowest BCUT2D eigenvalue weighted by atomic mass is 10.2. The molecule has 7 heteroatoms. The van der Waals surface area contributed by atoms with E-state index in [9.17, 15) is 14.0 Å². The number of nitrogens with zero attached hydrogens (tertiary/aromatic N) is 1. The Morgan fingerprint density at radius 2 is 2.25 bits per heavy atom. The van der Waals surface area contributed by atoms with Gasteiger partial charge in [-0.25, -0.2) is 4.39 Å². The van der Waals surface area contributed by atoms with Gasteiger partial charge in [0.1, 0.15) is 11.9 Å². The van der Waals surface area contributed by atoms with Crippen LogP contribution in [0.1, 0.15) is 12.8 Å². The van der Waals surface area contributed by atoms with E-state index in [1.54, 1.807) is 4.90 Å². The molecule has 0 radical (unpaired) electrons. The van der Waals surface area contributed by atoms with Crippen LogP contribution < -0.4 is 5.32 Å². The molecule has 20 heavy (non-hydrogen) atoms. The predicted octanol–water partition coefficient (Wildman–Crippen LogP) is 1.97. The van der Waals surface area contributed by atoms with E-state index in [4.69, 9.17) is 16.7 Å². The molecule has 0 bridgehead atoms.